The summed E-state index contributed by atoms with van der Waals surface area (Å²) in [4.78, 5) is 12.9. The van der Waals surface area contributed by atoms with Crippen LogP contribution in [-0.2, 0) is 6.61 Å². The number of carbonyl (C=O) groups excluding carboxylic acids is 1. The minimum Gasteiger partial charge on any atom is -0.493 e. The summed E-state index contributed by atoms with van der Waals surface area (Å²) in [6, 6.07) is 19.3. The van der Waals surface area contributed by atoms with Gasteiger partial charge in [-0.1, -0.05) is 47.6 Å². The van der Waals surface area contributed by atoms with Crippen LogP contribution >= 0.6 is 0 Å². The molecule has 0 aliphatic heterocycles. The van der Waals surface area contributed by atoms with Gasteiger partial charge in [-0.3, -0.25) is 4.79 Å². The summed E-state index contributed by atoms with van der Waals surface area (Å²) in [5.74, 6) is 1.58. The first-order chi connectivity index (χ1) is 15.5. The number of carbonyl (C=O) groups is 1. The molecule has 6 heteroatoms. The minimum atomic E-state index is -0.180. The topological polar surface area (TPSA) is 73.6 Å². The quantitative estimate of drug-likeness (QED) is 0.418. The SMILES string of the molecule is COc1cc(C(=O)NC(C)c2cccc3ccccc23)ccc1OCc1c(C)noc1C. The molecule has 0 aliphatic rings. The lowest BCUT2D eigenvalue weighted by molar-refractivity contribution is 0.0939. The van der Waals surface area contributed by atoms with Gasteiger partial charge in [-0.25, -0.2) is 0 Å². The third-order valence-electron chi connectivity index (χ3n) is 5.62. The van der Waals surface area contributed by atoms with Gasteiger partial charge in [0.05, 0.1) is 24.4 Å². The summed E-state index contributed by atoms with van der Waals surface area (Å²) in [7, 11) is 1.55. The predicted octanol–water partition coefficient (Wildman–Crippen LogP) is 5.52. The van der Waals surface area contributed by atoms with Gasteiger partial charge in [0, 0.05) is 5.56 Å². The zero-order chi connectivity index (χ0) is 22.7. The Morgan fingerprint density at radius 3 is 2.59 bits per heavy atom. The van der Waals surface area contributed by atoms with Gasteiger partial charge in [0.25, 0.3) is 5.91 Å². The monoisotopic (exact) mass is 430 g/mol. The third-order valence-corrected chi connectivity index (χ3v) is 5.62. The number of fused-ring (bicyclic) bond motifs is 1. The van der Waals surface area contributed by atoms with E-state index in [-0.39, 0.29) is 11.9 Å². The number of amides is 1. The summed E-state index contributed by atoms with van der Waals surface area (Å²) in [6.45, 7) is 6.01. The fourth-order valence-corrected chi connectivity index (χ4v) is 3.77. The van der Waals surface area contributed by atoms with Gasteiger partial charge in [-0.2, -0.15) is 0 Å². The van der Waals surface area contributed by atoms with Crippen LogP contribution in [0.25, 0.3) is 10.8 Å². The Hall–Kier alpha value is -3.80. The van der Waals surface area contributed by atoms with Gasteiger partial charge in [0.15, 0.2) is 11.5 Å². The Kier molecular flexibility index (Phi) is 6.12. The van der Waals surface area contributed by atoms with E-state index in [2.05, 4.69) is 28.7 Å². The standard InChI is InChI=1S/C26H26N2O4/c1-16(21-11-7-9-19-8-5-6-10-22(19)21)27-26(29)20-12-13-24(25(14-20)30-4)31-15-23-17(2)28-32-18(23)3/h5-14,16H,15H2,1-4H3,(H,27,29). The Morgan fingerprint density at radius 2 is 1.84 bits per heavy atom. The van der Waals surface area contributed by atoms with E-state index in [4.69, 9.17) is 14.0 Å². The molecule has 4 aromatic rings. The number of rotatable bonds is 7. The highest BCUT2D eigenvalue weighted by Crippen LogP contribution is 2.30. The minimum absolute atomic E-state index is 0.157. The van der Waals surface area contributed by atoms with Crippen molar-refractivity contribution in [2.75, 3.05) is 7.11 Å². The molecule has 1 heterocycles. The van der Waals surface area contributed by atoms with Gasteiger partial charge in [-0.15, -0.1) is 0 Å². The van der Waals surface area contributed by atoms with Crippen LogP contribution in [0.4, 0.5) is 0 Å². The van der Waals surface area contributed by atoms with E-state index < -0.39 is 0 Å². The number of methoxy groups -OCH3 is 1. The van der Waals surface area contributed by atoms with Crippen molar-refractivity contribution in [1.29, 1.82) is 0 Å². The number of nitrogens with zero attached hydrogens (tertiary/aromatic N) is 1. The van der Waals surface area contributed by atoms with Crippen LogP contribution in [0.1, 0.15) is 45.9 Å². The number of aryl methyl sites for hydroxylation is 2. The lowest BCUT2D eigenvalue weighted by atomic mass is 9.99. The number of hydrogen-bond donors (Lipinski definition) is 1. The molecule has 0 radical (unpaired) electrons. The van der Waals surface area contributed by atoms with Crippen LogP contribution < -0.4 is 14.8 Å². The number of hydrogen-bond acceptors (Lipinski definition) is 5. The smallest absolute Gasteiger partial charge is 0.251 e. The van der Waals surface area contributed by atoms with Crippen LogP contribution in [0.2, 0.25) is 0 Å². The molecule has 0 aliphatic carbocycles. The Bertz CT molecular complexity index is 1240. The van der Waals surface area contributed by atoms with E-state index in [0.717, 1.165) is 33.4 Å². The van der Waals surface area contributed by atoms with E-state index in [1.807, 2.05) is 45.0 Å². The first-order valence-corrected chi connectivity index (χ1v) is 10.5. The first kappa shape index (κ1) is 21.4. The average molecular weight is 431 g/mol. The first-order valence-electron chi connectivity index (χ1n) is 10.5. The molecule has 1 aromatic heterocycles. The van der Waals surface area contributed by atoms with Crippen molar-refractivity contribution >= 4 is 16.7 Å². The predicted molar refractivity (Wildman–Crippen MR) is 123 cm³/mol. The molecule has 6 nitrogen and oxygen atoms in total. The van der Waals surface area contributed by atoms with Crippen LogP contribution in [-0.4, -0.2) is 18.2 Å². The molecule has 0 saturated heterocycles. The fraction of sp³-hybridized carbons (Fsp3) is 0.231. The molecule has 1 N–H and O–H groups in total. The van der Waals surface area contributed by atoms with Crippen molar-refractivity contribution in [2.45, 2.75) is 33.4 Å². The van der Waals surface area contributed by atoms with Gasteiger partial charge in [-0.05, 0) is 55.3 Å². The maximum absolute atomic E-state index is 12.9. The molecule has 0 fully saturated rings. The molecule has 0 saturated carbocycles. The molecule has 4 rings (SSSR count). The number of benzene rings is 3. The van der Waals surface area contributed by atoms with Crippen LogP contribution in [0.5, 0.6) is 11.5 Å². The molecule has 1 unspecified atom stereocenters. The Labute approximate surface area is 187 Å². The van der Waals surface area contributed by atoms with Crippen molar-refractivity contribution < 1.29 is 18.8 Å². The highest BCUT2D eigenvalue weighted by Gasteiger charge is 2.17. The molecular weight excluding hydrogens is 404 g/mol. The maximum Gasteiger partial charge on any atom is 0.251 e. The highest BCUT2D eigenvalue weighted by atomic mass is 16.5. The van der Waals surface area contributed by atoms with Crippen LogP contribution in [0.15, 0.2) is 65.2 Å². The number of ether oxygens (including phenoxy) is 2. The molecule has 1 atom stereocenters. The number of nitrogens with one attached hydrogen (secondary N) is 1. The van der Waals surface area contributed by atoms with Crippen LogP contribution in [0, 0.1) is 13.8 Å². The van der Waals surface area contributed by atoms with E-state index in [1.54, 1.807) is 25.3 Å². The second-order valence-electron chi connectivity index (χ2n) is 7.72. The zero-order valence-electron chi connectivity index (χ0n) is 18.6. The van der Waals surface area contributed by atoms with Crippen LogP contribution in [0.3, 0.4) is 0 Å². The van der Waals surface area contributed by atoms with E-state index in [1.165, 1.54) is 0 Å². The third kappa shape index (κ3) is 4.30. The summed E-state index contributed by atoms with van der Waals surface area (Å²) < 4.78 is 16.6. The zero-order valence-corrected chi connectivity index (χ0v) is 18.6. The van der Waals surface area contributed by atoms with Gasteiger partial charge in [0.2, 0.25) is 0 Å². The van der Waals surface area contributed by atoms with Gasteiger partial charge in [0.1, 0.15) is 12.4 Å². The van der Waals surface area contributed by atoms with Crippen molar-refractivity contribution in [3.8, 4) is 11.5 Å². The normalized spacial score (nSPS) is 11.9. The molecule has 0 spiro atoms. The van der Waals surface area contributed by atoms with E-state index in [0.29, 0.717) is 23.7 Å². The molecule has 3 aromatic carbocycles. The summed E-state index contributed by atoms with van der Waals surface area (Å²) in [6.07, 6.45) is 0. The van der Waals surface area contributed by atoms with E-state index >= 15 is 0 Å². The Balaban J connectivity index is 1.50. The second-order valence-corrected chi connectivity index (χ2v) is 7.72. The summed E-state index contributed by atoms with van der Waals surface area (Å²) >= 11 is 0. The fourth-order valence-electron chi connectivity index (χ4n) is 3.77. The number of aromatic nitrogens is 1. The molecular formula is C26H26N2O4. The van der Waals surface area contributed by atoms with E-state index in [9.17, 15) is 4.79 Å². The van der Waals surface area contributed by atoms with Crippen molar-refractivity contribution in [1.82, 2.24) is 10.5 Å². The maximum atomic E-state index is 12.9. The largest absolute Gasteiger partial charge is 0.493 e. The summed E-state index contributed by atoms with van der Waals surface area (Å²) in [5.41, 5.74) is 3.26. The Morgan fingerprint density at radius 1 is 1.06 bits per heavy atom. The van der Waals surface area contributed by atoms with Crippen molar-refractivity contribution in [3.05, 3.63) is 88.8 Å². The second kappa shape index (κ2) is 9.14. The lowest BCUT2D eigenvalue weighted by Gasteiger charge is -2.17. The van der Waals surface area contributed by atoms with Gasteiger partial charge >= 0.3 is 0 Å². The highest BCUT2D eigenvalue weighted by molar-refractivity contribution is 5.95. The summed E-state index contributed by atoms with van der Waals surface area (Å²) in [5, 5.41) is 9.30. The molecule has 0 bridgehead atoms. The average Bonchev–Trinajstić information content (AvgIpc) is 3.14. The molecule has 32 heavy (non-hydrogen) atoms. The molecule has 164 valence electrons. The van der Waals surface area contributed by atoms with Gasteiger partial charge < -0.3 is 19.3 Å². The van der Waals surface area contributed by atoms with Crippen molar-refractivity contribution in [2.24, 2.45) is 0 Å². The van der Waals surface area contributed by atoms with Crippen molar-refractivity contribution in [3.63, 3.8) is 0 Å². The lowest BCUT2D eigenvalue weighted by Crippen LogP contribution is -2.26. The molecule has 1 amide bonds.